The highest BCUT2D eigenvalue weighted by Crippen LogP contribution is 2.26. The van der Waals surface area contributed by atoms with Crippen LogP contribution < -0.4 is 10.8 Å². The Hall–Kier alpha value is -1.88. The highest BCUT2D eigenvalue weighted by Gasteiger charge is 2.25. The van der Waals surface area contributed by atoms with Crippen molar-refractivity contribution in [2.45, 2.75) is 25.2 Å². The number of nitrogens with one attached hydrogen (secondary N) is 2. The molecule has 1 aromatic rings. The van der Waals surface area contributed by atoms with Gasteiger partial charge in [-0.15, -0.1) is 0 Å². The van der Waals surface area contributed by atoms with Gasteiger partial charge in [0.05, 0.1) is 18.7 Å². The Bertz CT molecular complexity index is 459. The Kier molecular flexibility index (Phi) is 3.94. The van der Waals surface area contributed by atoms with Gasteiger partial charge in [-0.2, -0.15) is 0 Å². The normalized spacial score (nSPS) is 20.2. The zero-order valence-corrected chi connectivity index (χ0v) is 10.2. The van der Waals surface area contributed by atoms with E-state index >= 15 is 0 Å². The van der Waals surface area contributed by atoms with Crippen LogP contribution in [0.3, 0.4) is 0 Å². The van der Waals surface area contributed by atoms with Gasteiger partial charge in [-0.3, -0.25) is 25.2 Å². The summed E-state index contributed by atoms with van der Waals surface area (Å²) in [4.78, 5) is 28.0. The molecule has 2 amide bonds. The lowest BCUT2D eigenvalue weighted by atomic mass is 9.93. The maximum atomic E-state index is 11.9. The number of hydrogen-bond acceptors (Lipinski definition) is 4. The van der Waals surface area contributed by atoms with E-state index in [2.05, 4.69) is 10.8 Å². The number of benzene rings is 1. The van der Waals surface area contributed by atoms with Crippen molar-refractivity contribution in [2.24, 2.45) is 0 Å². The van der Waals surface area contributed by atoms with Gasteiger partial charge in [-0.25, -0.2) is 0 Å². The number of carbonyl (C=O) groups is 2. The first-order chi connectivity index (χ1) is 8.70. The zero-order chi connectivity index (χ0) is 13.0. The van der Waals surface area contributed by atoms with Crippen LogP contribution in [0.15, 0.2) is 24.3 Å². The summed E-state index contributed by atoms with van der Waals surface area (Å²) in [6.07, 6.45) is 1.83. The molecule has 96 valence electrons. The average molecular weight is 248 g/mol. The maximum absolute atomic E-state index is 11.9. The van der Waals surface area contributed by atoms with E-state index in [0.717, 1.165) is 17.7 Å². The molecule has 1 atom stereocenters. The van der Waals surface area contributed by atoms with Gasteiger partial charge in [0.15, 0.2) is 0 Å². The molecule has 1 unspecified atom stereocenters. The second kappa shape index (κ2) is 5.64. The number of amides is 2. The van der Waals surface area contributed by atoms with E-state index in [-0.39, 0.29) is 17.7 Å². The predicted octanol–water partition coefficient (Wildman–Crippen LogP) is 1.57. The van der Waals surface area contributed by atoms with Crippen molar-refractivity contribution in [1.29, 1.82) is 0 Å². The minimum absolute atomic E-state index is 0.186. The molecule has 5 nitrogen and oxygen atoms in total. The van der Waals surface area contributed by atoms with Crippen molar-refractivity contribution in [3.05, 3.63) is 29.8 Å². The molecule has 2 N–H and O–H groups in total. The molecule has 1 aromatic carbocycles. The largest absolute Gasteiger partial charge is 0.296 e. The molecule has 0 bridgehead atoms. The zero-order valence-electron chi connectivity index (χ0n) is 10.2. The summed E-state index contributed by atoms with van der Waals surface area (Å²) in [5.41, 5.74) is 4.41. The summed E-state index contributed by atoms with van der Waals surface area (Å²) >= 11 is 0. The third-order valence-corrected chi connectivity index (χ3v) is 2.98. The second-order valence-electron chi connectivity index (χ2n) is 4.29. The fourth-order valence-electron chi connectivity index (χ4n) is 2.14. The van der Waals surface area contributed by atoms with Crippen LogP contribution in [0, 0.1) is 0 Å². The van der Waals surface area contributed by atoms with E-state index < -0.39 is 0 Å². The number of hydrogen-bond donors (Lipinski definition) is 2. The molecule has 0 saturated carbocycles. The van der Waals surface area contributed by atoms with Crippen LogP contribution in [0.25, 0.3) is 0 Å². The molecule has 5 heteroatoms. The fraction of sp³-hybridized carbons (Fsp3) is 0.385. The molecule has 0 radical (unpaired) electrons. The van der Waals surface area contributed by atoms with E-state index in [4.69, 9.17) is 4.84 Å². The summed E-state index contributed by atoms with van der Waals surface area (Å²) < 4.78 is 0. The van der Waals surface area contributed by atoms with Crippen LogP contribution in [-0.4, -0.2) is 18.9 Å². The van der Waals surface area contributed by atoms with Gasteiger partial charge in [-0.1, -0.05) is 12.1 Å². The SMILES string of the molecule is CONc1cccc(C2CCCC(=O)NC2=O)c1. The Balaban J connectivity index is 2.21. The Morgan fingerprint density at radius 3 is 3.00 bits per heavy atom. The van der Waals surface area contributed by atoms with E-state index in [1.165, 1.54) is 7.11 Å². The molecule has 1 heterocycles. The standard InChI is InChI=1S/C13H16N2O3/c1-18-15-10-5-2-4-9(8-10)11-6-3-7-12(16)14-13(11)17/h2,4-5,8,11,15H,3,6-7H2,1H3,(H,14,16,17). The molecule has 1 aliphatic heterocycles. The van der Waals surface area contributed by atoms with Crippen molar-refractivity contribution in [2.75, 3.05) is 12.6 Å². The smallest absolute Gasteiger partial charge is 0.234 e. The van der Waals surface area contributed by atoms with Gasteiger partial charge in [0.25, 0.3) is 0 Å². The van der Waals surface area contributed by atoms with Gasteiger partial charge in [0.2, 0.25) is 11.8 Å². The first kappa shape index (κ1) is 12.6. The van der Waals surface area contributed by atoms with Crippen molar-refractivity contribution < 1.29 is 14.4 Å². The Morgan fingerprint density at radius 2 is 2.22 bits per heavy atom. The second-order valence-corrected chi connectivity index (χ2v) is 4.29. The van der Waals surface area contributed by atoms with Crippen molar-refractivity contribution >= 4 is 17.5 Å². The maximum Gasteiger partial charge on any atom is 0.234 e. The number of imide groups is 1. The van der Waals surface area contributed by atoms with Crippen molar-refractivity contribution in [3.63, 3.8) is 0 Å². The fourth-order valence-corrected chi connectivity index (χ4v) is 2.14. The van der Waals surface area contributed by atoms with Gasteiger partial charge in [0, 0.05) is 6.42 Å². The van der Waals surface area contributed by atoms with Gasteiger partial charge >= 0.3 is 0 Å². The average Bonchev–Trinajstić information content (AvgIpc) is 2.51. The number of anilines is 1. The highest BCUT2D eigenvalue weighted by atomic mass is 16.6. The van der Waals surface area contributed by atoms with E-state index in [1.54, 1.807) is 0 Å². The topological polar surface area (TPSA) is 67.4 Å². The van der Waals surface area contributed by atoms with E-state index in [0.29, 0.717) is 12.8 Å². The van der Waals surface area contributed by atoms with Crippen molar-refractivity contribution in [3.8, 4) is 0 Å². The van der Waals surface area contributed by atoms with Crippen molar-refractivity contribution in [1.82, 2.24) is 5.32 Å². The Morgan fingerprint density at radius 1 is 1.39 bits per heavy atom. The Labute approximate surface area is 105 Å². The summed E-state index contributed by atoms with van der Waals surface area (Å²) in [6, 6.07) is 7.47. The molecule has 1 saturated heterocycles. The first-order valence-corrected chi connectivity index (χ1v) is 5.93. The molecule has 0 aromatic heterocycles. The summed E-state index contributed by atoms with van der Waals surface area (Å²) in [7, 11) is 1.53. The third-order valence-electron chi connectivity index (χ3n) is 2.98. The predicted molar refractivity (Wildman–Crippen MR) is 66.8 cm³/mol. The van der Waals surface area contributed by atoms with E-state index in [9.17, 15) is 9.59 Å². The lowest BCUT2D eigenvalue weighted by Gasteiger charge is -2.14. The quantitative estimate of drug-likeness (QED) is 0.629. The molecular weight excluding hydrogens is 232 g/mol. The molecular formula is C13H16N2O3. The highest BCUT2D eigenvalue weighted by molar-refractivity contribution is 5.99. The minimum Gasteiger partial charge on any atom is -0.296 e. The lowest BCUT2D eigenvalue weighted by molar-refractivity contribution is -0.130. The van der Waals surface area contributed by atoms with Gasteiger partial charge < -0.3 is 0 Å². The van der Waals surface area contributed by atoms with E-state index in [1.807, 2.05) is 24.3 Å². The van der Waals surface area contributed by atoms with Crippen LogP contribution in [0.4, 0.5) is 5.69 Å². The monoisotopic (exact) mass is 248 g/mol. The van der Waals surface area contributed by atoms with Crippen LogP contribution >= 0.6 is 0 Å². The molecule has 0 aliphatic carbocycles. The summed E-state index contributed by atoms with van der Waals surface area (Å²) in [6.45, 7) is 0. The lowest BCUT2D eigenvalue weighted by Crippen LogP contribution is -2.31. The molecule has 2 rings (SSSR count). The van der Waals surface area contributed by atoms with Crippen LogP contribution in [0.5, 0.6) is 0 Å². The molecule has 1 fully saturated rings. The van der Waals surface area contributed by atoms with Crippen LogP contribution in [-0.2, 0) is 14.4 Å². The van der Waals surface area contributed by atoms with Crippen LogP contribution in [0.1, 0.15) is 30.7 Å². The van der Waals surface area contributed by atoms with Crippen LogP contribution in [0.2, 0.25) is 0 Å². The third kappa shape index (κ3) is 2.87. The first-order valence-electron chi connectivity index (χ1n) is 5.93. The summed E-state index contributed by atoms with van der Waals surface area (Å²) in [5.74, 6) is -0.671. The molecule has 0 spiro atoms. The van der Waals surface area contributed by atoms with Gasteiger partial charge in [0.1, 0.15) is 0 Å². The van der Waals surface area contributed by atoms with Gasteiger partial charge in [-0.05, 0) is 30.5 Å². The number of rotatable bonds is 3. The number of carbonyl (C=O) groups excluding carboxylic acids is 2. The molecule has 1 aliphatic rings. The minimum atomic E-state index is -0.268. The molecule has 18 heavy (non-hydrogen) atoms. The summed E-state index contributed by atoms with van der Waals surface area (Å²) in [5, 5.41) is 2.41.